The normalized spacial score (nSPS) is 34.0. The molecule has 1 aromatic carbocycles. The van der Waals surface area contributed by atoms with Crippen LogP contribution in [0.2, 0.25) is 0 Å². The molecule has 64 valence electrons. The standard InChI is InChI=1S/C10H13NO/c1-2-4-9(5-3-1)10-8-11-6-7-12-10/h1-5,10-11H,6-8H2/t10-/m0/s1/i1D,4D,5D,6D2. The highest BCUT2D eigenvalue weighted by molar-refractivity contribution is 5.18. The molecule has 2 rings (SSSR count). The van der Waals surface area contributed by atoms with Crippen LogP contribution in [0.4, 0.5) is 0 Å². The fraction of sp³-hybridized carbons (Fsp3) is 0.400. The monoisotopic (exact) mass is 168 g/mol. The number of nitrogens with one attached hydrogen (secondary N) is 1. The summed E-state index contributed by atoms with van der Waals surface area (Å²) in [6.45, 7) is -1.45. The van der Waals surface area contributed by atoms with E-state index in [0.29, 0.717) is 5.56 Å². The van der Waals surface area contributed by atoms with Crippen LogP contribution in [-0.2, 0) is 4.74 Å². The first kappa shape index (κ1) is 3.90. The third-order valence-corrected chi connectivity index (χ3v) is 1.71. The molecule has 0 aromatic heterocycles. The number of ether oxygens (including phenoxy) is 1. The molecule has 1 heterocycles. The molecular weight excluding hydrogens is 150 g/mol. The zero-order valence-corrected chi connectivity index (χ0v) is 6.55. The lowest BCUT2D eigenvalue weighted by Gasteiger charge is -2.23. The van der Waals surface area contributed by atoms with E-state index in [4.69, 9.17) is 11.6 Å². The van der Waals surface area contributed by atoms with Crippen LogP contribution in [0.15, 0.2) is 30.3 Å². The van der Waals surface area contributed by atoms with Crippen molar-refractivity contribution in [2.45, 2.75) is 6.10 Å². The van der Waals surface area contributed by atoms with Gasteiger partial charge in [0.2, 0.25) is 0 Å². The van der Waals surface area contributed by atoms with Crippen molar-refractivity contribution in [3.8, 4) is 0 Å². The molecule has 0 unspecified atom stereocenters. The van der Waals surface area contributed by atoms with E-state index in [1.54, 1.807) is 0 Å². The molecule has 1 saturated heterocycles. The Bertz CT molecular complexity index is 404. The minimum atomic E-state index is -1.56. The summed E-state index contributed by atoms with van der Waals surface area (Å²) in [4.78, 5) is 0. The molecule has 0 spiro atoms. The van der Waals surface area contributed by atoms with Crippen LogP contribution >= 0.6 is 0 Å². The van der Waals surface area contributed by atoms with Crippen molar-refractivity contribution >= 4 is 0 Å². The molecule has 1 N–H and O–H groups in total. The van der Waals surface area contributed by atoms with E-state index in [0.717, 1.165) is 0 Å². The Morgan fingerprint density at radius 2 is 2.42 bits per heavy atom. The fourth-order valence-electron chi connectivity index (χ4n) is 1.11. The predicted octanol–water partition coefficient (Wildman–Crippen LogP) is 1.35. The van der Waals surface area contributed by atoms with Gasteiger partial charge >= 0.3 is 0 Å². The molecule has 1 aromatic rings. The molecule has 2 heteroatoms. The molecule has 1 atom stereocenters. The highest BCUT2D eigenvalue weighted by atomic mass is 16.5. The molecule has 1 aliphatic rings. The second kappa shape index (κ2) is 3.70. The molecule has 1 fully saturated rings. The van der Waals surface area contributed by atoms with E-state index < -0.39 is 12.6 Å². The van der Waals surface area contributed by atoms with Crippen molar-refractivity contribution in [1.29, 1.82) is 0 Å². The topological polar surface area (TPSA) is 21.3 Å². The molecule has 2 nitrogen and oxygen atoms in total. The van der Waals surface area contributed by atoms with Crippen LogP contribution < -0.4 is 5.32 Å². The third-order valence-electron chi connectivity index (χ3n) is 1.71. The Labute approximate surface area is 79.6 Å². The number of benzene rings is 1. The van der Waals surface area contributed by atoms with Gasteiger partial charge in [0.25, 0.3) is 0 Å². The van der Waals surface area contributed by atoms with Crippen LogP contribution in [0.1, 0.15) is 18.5 Å². The van der Waals surface area contributed by atoms with Gasteiger partial charge in [-0.15, -0.1) is 0 Å². The van der Waals surface area contributed by atoms with Crippen LogP contribution in [0.5, 0.6) is 0 Å². The summed E-state index contributed by atoms with van der Waals surface area (Å²) < 4.78 is 43.1. The van der Waals surface area contributed by atoms with Crippen molar-refractivity contribution in [3.63, 3.8) is 0 Å². The van der Waals surface area contributed by atoms with Gasteiger partial charge in [-0.3, -0.25) is 0 Å². The lowest BCUT2D eigenvalue weighted by Crippen LogP contribution is -2.33. The molecule has 0 saturated carbocycles. The van der Waals surface area contributed by atoms with E-state index >= 15 is 0 Å². The van der Waals surface area contributed by atoms with Crippen LogP contribution in [0, 0.1) is 0 Å². The molecular formula is C10H13NO. The van der Waals surface area contributed by atoms with Gasteiger partial charge in [-0.2, -0.15) is 0 Å². The number of morpholine rings is 1. The molecule has 1 aliphatic heterocycles. The molecule has 0 aliphatic carbocycles. The summed E-state index contributed by atoms with van der Waals surface area (Å²) in [6, 6.07) is 3.04. The van der Waals surface area contributed by atoms with Gasteiger partial charge < -0.3 is 10.1 Å². The predicted molar refractivity (Wildman–Crippen MR) is 48.0 cm³/mol. The van der Waals surface area contributed by atoms with Crippen LogP contribution in [-0.4, -0.2) is 19.6 Å². The quantitative estimate of drug-likeness (QED) is 0.683. The van der Waals surface area contributed by atoms with E-state index in [-0.39, 0.29) is 31.3 Å². The first-order valence-electron chi connectivity index (χ1n) is 6.33. The summed E-state index contributed by atoms with van der Waals surface area (Å²) in [5.41, 5.74) is 0.406. The Hall–Kier alpha value is -0.860. The van der Waals surface area contributed by atoms with Gasteiger partial charge in [0.05, 0.1) is 16.8 Å². The molecule has 12 heavy (non-hydrogen) atoms. The summed E-state index contributed by atoms with van der Waals surface area (Å²) in [6.07, 6.45) is -0.501. The summed E-state index contributed by atoms with van der Waals surface area (Å²) in [5.74, 6) is 0. The highest BCUT2D eigenvalue weighted by Gasteiger charge is 2.14. The zero-order chi connectivity index (χ0) is 12.6. The minimum Gasteiger partial charge on any atom is -0.371 e. The summed E-state index contributed by atoms with van der Waals surface area (Å²) in [7, 11) is 0. The van der Waals surface area contributed by atoms with Gasteiger partial charge in [-0.1, -0.05) is 30.3 Å². The Morgan fingerprint density at radius 1 is 1.58 bits per heavy atom. The molecule has 0 bridgehead atoms. The van der Waals surface area contributed by atoms with Crippen molar-refractivity contribution < 1.29 is 11.6 Å². The van der Waals surface area contributed by atoms with Gasteiger partial charge in [0.1, 0.15) is 0 Å². The van der Waals surface area contributed by atoms with Crippen LogP contribution in [0.3, 0.4) is 0 Å². The van der Waals surface area contributed by atoms with E-state index in [1.807, 2.05) is 0 Å². The minimum absolute atomic E-state index is 0.0942. The first-order valence-corrected chi connectivity index (χ1v) is 3.83. The van der Waals surface area contributed by atoms with E-state index in [1.165, 1.54) is 12.1 Å². The fourth-order valence-corrected chi connectivity index (χ4v) is 1.11. The molecule has 0 amide bonds. The zero-order valence-electron chi connectivity index (χ0n) is 11.6. The second-order valence-corrected chi connectivity index (χ2v) is 2.52. The first-order chi connectivity index (χ1) is 7.89. The van der Waals surface area contributed by atoms with Gasteiger partial charge in [0, 0.05) is 15.8 Å². The molecule has 0 radical (unpaired) electrons. The van der Waals surface area contributed by atoms with Gasteiger partial charge in [0.15, 0.2) is 0 Å². The lowest BCUT2D eigenvalue weighted by molar-refractivity contribution is 0.0277. The second-order valence-electron chi connectivity index (χ2n) is 2.52. The smallest absolute Gasteiger partial charge is 0.0949 e. The van der Waals surface area contributed by atoms with Crippen molar-refractivity contribution in [2.24, 2.45) is 0 Å². The Morgan fingerprint density at radius 3 is 3.08 bits per heavy atom. The SMILES string of the molecule is [2H]c1cc([2H])c([C@@H]2CNC([2H])([2H])CO2)c([2H])c1. The van der Waals surface area contributed by atoms with Gasteiger partial charge in [-0.05, 0) is 5.56 Å². The van der Waals surface area contributed by atoms with Crippen molar-refractivity contribution in [3.05, 3.63) is 35.8 Å². The Kier molecular flexibility index (Phi) is 1.20. The lowest BCUT2D eigenvalue weighted by atomic mass is 10.1. The average Bonchev–Trinajstić information content (AvgIpc) is 2.19. The third kappa shape index (κ3) is 1.65. The number of rotatable bonds is 1. The summed E-state index contributed by atoms with van der Waals surface area (Å²) in [5, 5.41) is 2.67. The van der Waals surface area contributed by atoms with Gasteiger partial charge in [-0.25, -0.2) is 0 Å². The maximum absolute atomic E-state index is 7.75. The van der Waals surface area contributed by atoms with Crippen molar-refractivity contribution in [1.82, 2.24) is 5.32 Å². The maximum atomic E-state index is 7.75. The highest BCUT2D eigenvalue weighted by Crippen LogP contribution is 2.17. The number of hydrogen-bond donors (Lipinski definition) is 1. The van der Waals surface area contributed by atoms with E-state index in [2.05, 4.69) is 5.32 Å². The van der Waals surface area contributed by atoms with Crippen LogP contribution in [0.25, 0.3) is 0 Å². The van der Waals surface area contributed by atoms with E-state index in [9.17, 15) is 0 Å². The average molecular weight is 168 g/mol. The Balaban J connectivity index is 2.24. The maximum Gasteiger partial charge on any atom is 0.0949 e. The van der Waals surface area contributed by atoms with Crippen molar-refractivity contribution in [2.75, 3.05) is 19.6 Å². The largest absolute Gasteiger partial charge is 0.371 e. The summed E-state index contributed by atoms with van der Waals surface area (Å²) >= 11 is 0. The number of hydrogen-bond acceptors (Lipinski definition) is 2.